The Bertz CT molecular complexity index is 15.5. The van der Waals surface area contributed by atoms with Crippen LogP contribution in [0.1, 0.15) is 0 Å². The molecule has 0 aliphatic heterocycles. The SMILES string of the molecule is [BaH2].[CaH2].[Cu+2].[Er].[O-2].[Sm]. The molecule has 0 aliphatic rings. The van der Waals surface area contributed by atoms with Crippen molar-refractivity contribution < 1.29 is 100 Å². The summed E-state index contributed by atoms with van der Waals surface area (Å²) in [6, 6.07) is 0. The predicted molar refractivity (Wildman–Crippen MR) is 17.8 cm³/mol. The second-order valence-electron chi connectivity index (χ2n) is 0. The van der Waals surface area contributed by atoms with Gasteiger partial charge in [-0.05, 0) is 0 Å². The minimum atomic E-state index is 0. The molecule has 0 unspecified atom stereocenters. The van der Waals surface area contributed by atoms with Gasteiger partial charge in [0.05, 0.1) is 0 Å². The van der Waals surface area contributed by atoms with Crippen molar-refractivity contribution in [2.24, 2.45) is 0 Å². The third-order valence-corrected chi connectivity index (χ3v) is 0. The van der Waals surface area contributed by atoms with Gasteiger partial charge in [0.15, 0.2) is 0 Å². The molecule has 0 fully saturated rings. The molecule has 0 bridgehead atoms. The van der Waals surface area contributed by atoms with E-state index >= 15 is 0 Å². The Morgan fingerprint density at radius 1 is 1.00 bits per heavy atom. The molecule has 0 spiro atoms. The number of hydrogen-bond acceptors (Lipinski definition) is 0. The maximum absolute atomic E-state index is 0. The van der Waals surface area contributed by atoms with Crippen LogP contribution in [-0.2, 0) is 22.5 Å². The second kappa shape index (κ2) is 30.7. The smallest absolute Gasteiger partial charge is 2.00 e. The Morgan fingerprint density at radius 2 is 1.00 bits per heavy atom. The third-order valence-electron chi connectivity index (χ3n) is 0. The van der Waals surface area contributed by atoms with E-state index in [1.54, 1.807) is 0 Å². The molecule has 0 atom stereocenters. The molecule has 6 heteroatoms. The quantitative estimate of drug-likeness (QED) is 0.299. The Morgan fingerprint density at radius 3 is 1.00 bits per heavy atom. The van der Waals surface area contributed by atoms with E-state index < -0.39 is 0 Å². The van der Waals surface area contributed by atoms with E-state index in [0.717, 1.165) is 0 Å². The van der Waals surface area contributed by atoms with Crippen molar-refractivity contribution in [2.45, 2.75) is 0 Å². The molecule has 0 saturated carbocycles. The fourth-order valence-corrected chi connectivity index (χ4v) is 0. The molecule has 0 aromatic carbocycles. The first kappa shape index (κ1) is 40.6. The largest absolute Gasteiger partial charge is 2.00 e. The first-order valence-electron chi connectivity index (χ1n) is 0. The average Bonchev–Trinajstić information content (AvgIpc) is 0. The molecule has 0 rings (SSSR count). The van der Waals surface area contributed by atoms with Crippen LogP contribution >= 0.6 is 0 Å². The van der Waals surface area contributed by atoms with Crippen LogP contribution in [0, 0.1) is 77.7 Å². The van der Waals surface area contributed by atoms with E-state index in [4.69, 9.17) is 0 Å². The van der Waals surface area contributed by atoms with Gasteiger partial charge >= 0.3 is 104 Å². The van der Waals surface area contributed by atoms with Gasteiger partial charge in [0.1, 0.15) is 0 Å². The summed E-state index contributed by atoms with van der Waals surface area (Å²) >= 11 is 0. The van der Waals surface area contributed by atoms with Crippen molar-refractivity contribution in [3.63, 3.8) is 0 Å². The Hall–Kier alpha value is 5.90. The van der Waals surface area contributed by atoms with Crippen LogP contribution in [0.4, 0.5) is 0 Å². The fourth-order valence-electron chi connectivity index (χ4n) is 0. The van der Waals surface area contributed by atoms with E-state index in [1.165, 1.54) is 0 Å². The van der Waals surface area contributed by atoms with Crippen molar-refractivity contribution in [3.05, 3.63) is 0 Å². The summed E-state index contributed by atoms with van der Waals surface area (Å²) in [6.07, 6.45) is 0. The first-order valence-corrected chi connectivity index (χ1v) is 0. The molecule has 1 radical (unpaired) electrons. The predicted octanol–water partition coefficient (Wildman–Crippen LogP) is -1.95. The molecule has 43 valence electrons. The van der Waals surface area contributed by atoms with Crippen LogP contribution in [-0.4, -0.2) is 86.6 Å². The van der Waals surface area contributed by atoms with Gasteiger partial charge in [0.25, 0.3) is 0 Å². The van der Waals surface area contributed by atoms with Gasteiger partial charge < -0.3 is 5.48 Å². The Labute approximate surface area is 180 Å². The summed E-state index contributed by atoms with van der Waals surface area (Å²) in [6.45, 7) is 0. The van der Waals surface area contributed by atoms with Crippen LogP contribution in [0.2, 0.25) is 0 Å². The van der Waals surface area contributed by atoms with Crippen molar-refractivity contribution in [1.82, 2.24) is 0 Å². The fraction of sp³-hybridized carbons (Fsp3) is 0. The molecule has 0 N–H and O–H groups in total. The molecule has 0 aliphatic carbocycles. The Balaban J connectivity index is 0. The van der Waals surface area contributed by atoms with Gasteiger partial charge in [-0.3, -0.25) is 0 Å². The summed E-state index contributed by atoms with van der Waals surface area (Å²) in [7, 11) is 0. The molecular weight excluding hydrogens is 575 g/mol. The monoisotopic (exact) mass is 579 g/mol. The summed E-state index contributed by atoms with van der Waals surface area (Å²) in [5, 5.41) is 0. The standard InChI is InChI=1S/Ba.Ca.Cu.Er.O.Sm.4H/q;;+2;;-2;;;;;. The summed E-state index contributed by atoms with van der Waals surface area (Å²) in [4.78, 5) is 0. The van der Waals surface area contributed by atoms with E-state index in [1.807, 2.05) is 0 Å². The van der Waals surface area contributed by atoms with Crippen molar-refractivity contribution >= 4 is 86.6 Å². The van der Waals surface area contributed by atoms with Crippen LogP contribution in [0.15, 0.2) is 0 Å². The third kappa shape index (κ3) is 22.5. The minimum absolute atomic E-state index is 0. The molecule has 6 heavy (non-hydrogen) atoms. The normalized spacial score (nSPS) is 0. The van der Waals surface area contributed by atoms with Crippen LogP contribution < -0.4 is 0 Å². The van der Waals surface area contributed by atoms with E-state index in [2.05, 4.69) is 0 Å². The van der Waals surface area contributed by atoms with Crippen molar-refractivity contribution in [1.29, 1.82) is 0 Å². The Kier molecular flexibility index (Phi) is 208. The van der Waals surface area contributed by atoms with E-state index in [0.29, 0.717) is 0 Å². The molecule has 0 aromatic rings. The summed E-state index contributed by atoms with van der Waals surface area (Å²) in [5.41, 5.74) is 0. The zero-order valence-corrected chi connectivity index (χ0v) is 6.82. The van der Waals surface area contributed by atoms with Crippen LogP contribution in [0.5, 0.6) is 0 Å². The topological polar surface area (TPSA) is 28.5 Å². The van der Waals surface area contributed by atoms with Gasteiger partial charge in [0.2, 0.25) is 0 Å². The molecule has 0 heterocycles. The maximum Gasteiger partial charge on any atom is 2.00 e. The minimum Gasteiger partial charge on any atom is -2.00 e. The van der Waals surface area contributed by atoms with E-state index in [9.17, 15) is 0 Å². The number of hydrogen-bond donors (Lipinski definition) is 0. The zero-order valence-electron chi connectivity index (χ0n) is 1.41. The molecule has 0 amide bonds. The van der Waals surface area contributed by atoms with E-state index in [-0.39, 0.29) is 187 Å². The maximum atomic E-state index is 0. The summed E-state index contributed by atoms with van der Waals surface area (Å²) in [5.74, 6) is 0. The van der Waals surface area contributed by atoms with Gasteiger partial charge in [0, 0.05) is 77.7 Å². The molecule has 0 saturated heterocycles. The van der Waals surface area contributed by atoms with Crippen molar-refractivity contribution in [2.75, 3.05) is 0 Å². The van der Waals surface area contributed by atoms with Crippen molar-refractivity contribution in [3.8, 4) is 0 Å². The first-order chi connectivity index (χ1) is 0. The molecule has 0 aromatic heterocycles. The van der Waals surface area contributed by atoms with Gasteiger partial charge in [-0.15, -0.1) is 0 Å². The second-order valence-corrected chi connectivity index (χ2v) is 0. The van der Waals surface area contributed by atoms with Crippen LogP contribution in [0.25, 0.3) is 0 Å². The van der Waals surface area contributed by atoms with Gasteiger partial charge in [-0.25, -0.2) is 0 Å². The number of rotatable bonds is 0. The average molecular weight is 579 g/mol. The molecular formula is H4BaCaCuErOSm. The van der Waals surface area contributed by atoms with Crippen LogP contribution in [0.3, 0.4) is 0 Å². The van der Waals surface area contributed by atoms with Gasteiger partial charge in [-0.2, -0.15) is 0 Å². The molecule has 1 nitrogen and oxygen atoms in total. The van der Waals surface area contributed by atoms with Gasteiger partial charge in [-0.1, -0.05) is 0 Å². The summed E-state index contributed by atoms with van der Waals surface area (Å²) < 4.78 is 0. The zero-order chi connectivity index (χ0) is 0.